The summed E-state index contributed by atoms with van der Waals surface area (Å²) < 4.78 is 2.44. The van der Waals surface area contributed by atoms with E-state index in [0.29, 0.717) is 12.0 Å². The van der Waals surface area contributed by atoms with Gasteiger partial charge in [-0.2, -0.15) is 0 Å². The maximum Gasteiger partial charge on any atom is 0.221 e. The van der Waals surface area contributed by atoms with E-state index in [4.69, 9.17) is 11.6 Å². The number of aryl methyl sites for hydroxylation is 1. The number of halogens is 1. The van der Waals surface area contributed by atoms with Crippen molar-refractivity contribution in [1.29, 1.82) is 0 Å². The number of hydrogen-bond acceptors (Lipinski definition) is 2. The van der Waals surface area contributed by atoms with Crippen LogP contribution in [0.25, 0.3) is 10.9 Å². The Balaban J connectivity index is 1.24. The number of nitrogens with zero attached hydrogens (tertiary/aromatic N) is 2. The fraction of sp³-hybridized carbons (Fsp3) is 0.400. The molecule has 1 saturated heterocycles. The number of nitrogens with one attached hydrogen (secondary N) is 1. The molecular weight excluding hydrogens is 394 g/mol. The van der Waals surface area contributed by atoms with Gasteiger partial charge >= 0.3 is 0 Å². The maximum absolute atomic E-state index is 11.4. The van der Waals surface area contributed by atoms with Crippen molar-refractivity contribution >= 4 is 34.1 Å². The molecule has 5 rings (SSSR count). The number of hydrogen-bond donors (Lipinski definition) is 1. The number of benzene rings is 2. The minimum Gasteiger partial charge on any atom is -0.344 e. The topological polar surface area (TPSA) is 37.3 Å². The Kier molecular flexibility index (Phi) is 5.30. The molecule has 2 aliphatic rings. The van der Waals surface area contributed by atoms with Crippen molar-refractivity contribution in [2.75, 3.05) is 25.0 Å². The number of rotatable bonds is 4. The van der Waals surface area contributed by atoms with Crippen molar-refractivity contribution in [3.63, 3.8) is 0 Å². The molecular formula is C25H28ClN3O. The number of carbonyl (C=O) groups is 1. The normalized spacial score (nSPS) is 19.9. The summed E-state index contributed by atoms with van der Waals surface area (Å²) in [5.74, 6) is 0.561. The summed E-state index contributed by atoms with van der Waals surface area (Å²) in [6, 6.07) is 15.3. The highest BCUT2D eigenvalue weighted by atomic mass is 35.5. The molecule has 30 heavy (non-hydrogen) atoms. The molecule has 5 heteroatoms. The third-order valence-corrected chi connectivity index (χ3v) is 7.01. The van der Waals surface area contributed by atoms with Gasteiger partial charge in [-0.05, 0) is 79.1 Å². The molecule has 2 aromatic carbocycles. The van der Waals surface area contributed by atoms with E-state index >= 15 is 0 Å². The van der Waals surface area contributed by atoms with E-state index in [1.54, 1.807) is 6.92 Å². The molecule has 1 N–H and O–H groups in total. The van der Waals surface area contributed by atoms with Crippen LogP contribution >= 0.6 is 11.6 Å². The van der Waals surface area contributed by atoms with Crippen LogP contribution < -0.4 is 5.32 Å². The van der Waals surface area contributed by atoms with Crippen molar-refractivity contribution in [2.24, 2.45) is 0 Å². The molecule has 1 aliphatic heterocycles. The SMILES string of the molecule is CC(=O)Nc1ccc2c(c1)C(CN1CCC(n3ccc4cc(Cl)ccc43)CC1)CC2. The minimum atomic E-state index is -0.00798. The maximum atomic E-state index is 11.4. The van der Waals surface area contributed by atoms with Gasteiger partial charge in [0.05, 0.1) is 0 Å². The predicted molar refractivity (Wildman–Crippen MR) is 123 cm³/mol. The second-order valence-electron chi connectivity index (χ2n) is 8.79. The summed E-state index contributed by atoms with van der Waals surface area (Å²) in [5, 5.41) is 4.96. The van der Waals surface area contributed by atoms with E-state index in [0.717, 1.165) is 36.8 Å². The first-order chi connectivity index (χ1) is 14.6. The molecule has 2 heterocycles. The van der Waals surface area contributed by atoms with E-state index in [1.807, 2.05) is 12.1 Å². The number of carbonyl (C=O) groups excluding carboxylic acids is 1. The quantitative estimate of drug-likeness (QED) is 0.593. The lowest BCUT2D eigenvalue weighted by Crippen LogP contribution is -2.36. The van der Waals surface area contributed by atoms with Crippen LogP contribution in [-0.2, 0) is 11.2 Å². The Morgan fingerprint density at radius 2 is 1.93 bits per heavy atom. The first-order valence-corrected chi connectivity index (χ1v) is 11.3. The van der Waals surface area contributed by atoms with Crippen molar-refractivity contribution < 1.29 is 4.79 Å². The average molecular weight is 422 g/mol. The van der Waals surface area contributed by atoms with E-state index in [2.05, 4.69) is 51.3 Å². The molecule has 0 saturated carbocycles. The summed E-state index contributed by atoms with van der Waals surface area (Å²) in [7, 11) is 0. The third-order valence-electron chi connectivity index (χ3n) is 6.78. The van der Waals surface area contributed by atoms with Crippen LogP contribution in [0, 0.1) is 0 Å². The molecule has 0 spiro atoms. The second-order valence-corrected chi connectivity index (χ2v) is 9.22. The van der Waals surface area contributed by atoms with Gasteiger partial charge in [0.2, 0.25) is 5.91 Å². The van der Waals surface area contributed by atoms with Gasteiger partial charge in [-0.25, -0.2) is 0 Å². The lowest BCUT2D eigenvalue weighted by Gasteiger charge is -2.34. The molecule has 1 fully saturated rings. The van der Waals surface area contributed by atoms with Gasteiger partial charge < -0.3 is 14.8 Å². The van der Waals surface area contributed by atoms with Gasteiger partial charge in [-0.15, -0.1) is 0 Å². The molecule has 1 unspecified atom stereocenters. The van der Waals surface area contributed by atoms with E-state index in [9.17, 15) is 4.79 Å². The molecule has 0 radical (unpaired) electrons. The predicted octanol–water partition coefficient (Wildman–Crippen LogP) is 5.62. The second kappa shape index (κ2) is 8.09. The first kappa shape index (κ1) is 19.7. The monoisotopic (exact) mass is 421 g/mol. The standard InChI is InChI=1S/C25H28ClN3O/c1-17(30)27-22-6-4-18-2-3-20(24(18)15-22)16-28-11-9-23(10-12-28)29-13-8-19-14-21(26)5-7-25(19)29/h4-8,13-15,20,23H,2-3,9-12,16H2,1H3,(H,27,30). The Morgan fingerprint density at radius 1 is 1.10 bits per heavy atom. The van der Waals surface area contributed by atoms with Crippen molar-refractivity contribution in [3.8, 4) is 0 Å². The van der Waals surface area contributed by atoms with Crippen LogP contribution in [0.3, 0.4) is 0 Å². The largest absolute Gasteiger partial charge is 0.344 e. The minimum absolute atomic E-state index is 0.00798. The van der Waals surface area contributed by atoms with Crippen LogP contribution in [0.1, 0.15) is 49.3 Å². The zero-order chi connectivity index (χ0) is 20.7. The lowest BCUT2D eigenvalue weighted by atomic mass is 9.97. The number of likely N-dealkylation sites (tertiary alicyclic amines) is 1. The molecule has 1 aliphatic carbocycles. The summed E-state index contributed by atoms with van der Waals surface area (Å²) in [6.45, 7) is 4.95. The Hall–Kier alpha value is -2.30. The average Bonchev–Trinajstić information content (AvgIpc) is 3.32. The number of piperidine rings is 1. The first-order valence-electron chi connectivity index (χ1n) is 11.0. The van der Waals surface area contributed by atoms with Gasteiger partial charge in [0.1, 0.15) is 0 Å². The van der Waals surface area contributed by atoms with Gasteiger partial charge in [-0.3, -0.25) is 4.79 Å². The van der Waals surface area contributed by atoms with Gasteiger partial charge in [0.15, 0.2) is 0 Å². The summed E-state index contributed by atoms with van der Waals surface area (Å²) in [6.07, 6.45) is 6.93. The number of fused-ring (bicyclic) bond motifs is 2. The number of aromatic nitrogens is 1. The fourth-order valence-electron chi connectivity index (χ4n) is 5.30. The molecule has 4 nitrogen and oxygen atoms in total. The van der Waals surface area contributed by atoms with E-state index in [-0.39, 0.29) is 5.91 Å². The Morgan fingerprint density at radius 3 is 2.73 bits per heavy atom. The zero-order valence-electron chi connectivity index (χ0n) is 17.4. The van der Waals surface area contributed by atoms with Gasteiger partial charge in [0, 0.05) is 60.4 Å². The smallest absolute Gasteiger partial charge is 0.221 e. The fourth-order valence-corrected chi connectivity index (χ4v) is 5.48. The summed E-state index contributed by atoms with van der Waals surface area (Å²) in [4.78, 5) is 14.0. The van der Waals surface area contributed by atoms with Crippen LogP contribution in [-0.4, -0.2) is 35.0 Å². The lowest BCUT2D eigenvalue weighted by molar-refractivity contribution is -0.114. The zero-order valence-corrected chi connectivity index (χ0v) is 18.2. The highest BCUT2D eigenvalue weighted by molar-refractivity contribution is 6.31. The highest BCUT2D eigenvalue weighted by Crippen LogP contribution is 2.37. The molecule has 3 aromatic rings. The molecule has 1 amide bonds. The number of anilines is 1. The highest BCUT2D eigenvalue weighted by Gasteiger charge is 2.28. The van der Waals surface area contributed by atoms with Gasteiger partial charge in [0.25, 0.3) is 0 Å². The van der Waals surface area contributed by atoms with Gasteiger partial charge in [-0.1, -0.05) is 17.7 Å². The van der Waals surface area contributed by atoms with E-state index < -0.39 is 0 Å². The van der Waals surface area contributed by atoms with Crippen LogP contribution in [0.2, 0.25) is 5.02 Å². The molecule has 1 aromatic heterocycles. The van der Waals surface area contributed by atoms with Crippen molar-refractivity contribution in [2.45, 2.75) is 44.6 Å². The molecule has 1 atom stereocenters. The van der Waals surface area contributed by atoms with Crippen LogP contribution in [0.4, 0.5) is 5.69 Å². The Bertz CT molecular complexity index is 1080. The van der Waals surface area contributed by atoms with E-state index in [1.165, 1.54) is 41.3 Å². The van der Waals surface area contributed by atoms with Crippen molar-refractivity contribution in [3.05, 3.63) is 64.8 Å². The molecule has 0 bridgehead atoms. The van der Waals surface area contributed by atoms with Crippen LogP contribution in [0.5, 0.6) is 0 Å². The summed E-state index contributed by atoms with van der Waals surface area (Å²) >= 11 is 6.15. The van der Waals surface area contributed by atoms with Crippen molar-refractivity contribution in [1.82, 2.24) is 9.47 Å². The summed E-state index contributed by atoms with van der Waals surface area (Å²) in [5.41, 5.74) is 5.08. The van der Waals surface area contributed by atoms with Crippen LogP contribution in [0.15, 0.2) is 48.7 Å². The Labute approximate surface area is 182 Å². The molecule has 156 valence electrons. The third kappa shape index (κ3) is 3.86. The number of amides is 1.